The molecule has 1 aliphatic heterocycles. The first-order valence-corrected chi connectivity index (χ1v) is 5.71. The third-order valence-corrected chi connectivity index (χ3v) is 2.94. The van der Waals surface area contributed by atoms with Crippen molar-refractivity contribution in [3.05, 3.63) is 12.7 Å². The Bertz CT molecular complexity index is 200. The van der Waals surface area contributed by atoms with Crippen LogP contribution in [0.15, 0.2) is 12.7 Å². The lowest BCUT2D eigenvalue weighted by atomic mass is 10.0. The molecule has 0 saturated carbocycles. The topological polar surface area (TPSA) is 20.3 Å². The summed E-state index contributed by atoms with van der Waals surface area (Å²) in [5, 5.41) is 0. The Labute approximate surface area is 87.0 Å². The summed E-state index contributed by atoms with van der Waals surface area (Å²) in [6.07, 6.45) is 8.58. The summed E-state index contributed by atoms with van der Waals surface area (Å²) in [5.74, 6) is 0.275. The highest BCUT2D eigenvalue weighted by Crippen LogP contribution is 2.17. The van der Waals surface area contributed by atoms with Crippen LogP contribution in [0.2, 0.25) is 0 Å². The molecule has 14 heavy (non-hydrogen) atoms. The molecule has 0 bridgehead atoms. The second-order valence-electron chi connectivity index (χ2n) is 3.95. The molecule has 0 aromatic rings. The molecule has 2 nitrogen and oxygen atoms in total. The van der Waals surface area contributed by atoms with Crippen molar-refractivity contribution >= 4 is 5.91 Å². The summed E-state index contributed by atoms with van der Waals surface area (Å²) in [5.41, 5.74) is 0. The summed E-state index contributed by atoms with van der Waals surface area (Å²) in [4.78, 5) is 13.7. The first kappa shape index (κ1) is 11.3. The van der Waals surface area contributed by atoms with Crippen LogP contribution in [-0.2, 0) is 4.79 Å². The maximum Gasteiger partial charge on any atom is 0.222 e. The number of rotatable bonds is 2. The molecule has 2 heteroatoms. The summed E-state index contributed by atoms with van der Waals surface area (Å²) in [6.45, 7) is 6.68. The normalized spacial score (nSPS) is 23.8. The van der Waals surface area contributed by atoms with Crippen molar-refractivity contribution < 1.29 is 4.79 Å². The van der Waals surface area contributed by atoms with E-state index < -0.39 is 0 Å². The number of hydrogen-bond acceptors (Lipinski definition) is 1. The van der Waals surface area contributed by atoms with E-state index in [0.29, 0.717) is 6.42 Å². The Morgan fingerprint density at radius 2 is 2.14 bits per heavy atom. The molecule has 0 spiro atoms. The molecule has 0 N–H and O–H groups in total. The van der Waals surface area contributed by atoms with E-state index in [1.165, 1.54) is 19.3 Å². The fourth-order valence-corrected chi connectivity index (χ4v) is 2.07. The highest BCUT2D eigenvalue weighted by atomic mass is 16.2. The minimum Gasteiger partial charge on any atom is -0.336 e. The van der Waals surface area contributed by atoms with Crippen LogP contribution in [0.1, 0.15) is 45.4 Å². The van der Waals surface area contributed by atoms with Gasteiger partial charge in [0.1, 0.15) is 0 Å². The van der Waals surface area contributed by atoms with Crippen LogP contribution in [-0.4, -0.2) is 23.4 Å². The molecule has 1 aliphatic rings. The SMILES string of the molecule is C=CC1CCCCCCN1C(=O)CC. The summed E-state index contributed by atoms with van der Waals surface area (Å²) in [7, 11) is 0. The van der Waals surface area contributed by atoms with Gasteiger partial charge in [0.15, 0.2) is 0 Å². The van der Waals surface area contributed by atoms with Gasteiger partial charge in [0.05, 0.1) is 0 Å². The summed E-state index contributed by atoms with van der Waals surface area (Å²) in [6, 6.07) is 0.280. The van der Waals surface area contributed by atoms with Gasteiger partial charge in [-0.15, -0.1) is 6.58 Å². The molecular formula is C12H21NO. The molecule has 1 heterocycles. The lowest BCUT2D eigenvalue weighted by Gasteiger charge is -2.31. The Morgan fingerprint density at radius 3 is 2.79 bits per heavy atom. The minimum atomic E-state index is 0.275. The zero-order valence-corrected chi connectivity index (χ0v) is 9.17. The fourth-order valence-electron chi connectivity index (χ4n) is 2.07. The Hall–Kier alpha value is -0.790. The molecular weight excluding hydrogens is 174 g/mol. The van der Waals surface area contributed by atoms with Crippen molar-refractivity contribution in [2.24, 2.45) is 0 Å². The minimum absolute atomic E-state index is 0.275. The molecule has 0 aromatic carbocycles. The van der Waals surface area contributed by atoms with Gasteiger partial charge in [-0.3, -0.25) is 4.79 Å². The van der Waals surface area contributed by atoms with E-state index in [1.54, 1.807) is 0 Å². The summed E-state index contributed by atoms with van der Waals surface area (Å²) >= 11 is 0. The van der Waals surface area contributed by atoms with E-state index in [4.69, 9.17) is 0 Å². The molecule has 1 saturated heterocycles. The molecule has 1 atom stereocenters. The molecule has 1 fully saturated rings. The molecule has 0 radical (unpaired) electrons. The zero-order valence-electron chi connectivity index (χ0n) is 9.17. The zero-order chi connectivity index (χ0) is 10.4. The van der Waals surface area contributed by atoms with Crippen molar-refractivity contribution in [1.29, 1.82) is 0 Å². The number of likely N-dealkylation sites (tertiary alicyclic amines) is 1. The second kappa shape index (κ2) is 5.84. The highest BCUT2D eigenvalue weighted by molar-refractivity contribution is 5.76. The third-order valence-electron chi connectivity index (χ3n) is 2.94. The number of carbonyl (C=O) groups is 1. The Kier molecular flexibility index (Phi) is 4.71. The molecule has 80 valence electrons. The van der Waals surface area contributed by atoms with Crippen LogP contribution in [0.3, 0.4) is 0 Å². The van der Waals surface area contributed by atoms with E-state index in [0.717, 1.165) is 19.4 Å². The predicted octanol–water partition coefficient (Wildman–Crippen LogP) is 2.74. The van der Waals surface area contributed by atoms with Gasteiger partial charge >= 0.3 is 0 Å². The van der Waals surface area contributed by atoms with Gasteiger partial charge in [-0.2, -0.15) is 0 Å². The largest absolute Gasteiger partial charge is 0.336 e. The highest BCUT2D eigenvalue weighted by Gasteiger charge is 2.20. The van der Waals surface area contributed by atoms with Gasteiger partial charge in [-0.1, -0.05) is 32.3 Å². The van der Waals surface area contributed by atoms with Gasteiger partial charge in [-0.25, -0.2) is 0 Å². The predicted molar refractivity (Wildman–Crippen MR) is 59.1 cm³/mol. The number of carbonyl (C=O) groups excluding carboxylic acids is 1. The molecule has 1 unspecified atom stereocenters. The maximum absolute atomic E-state index is 11.7. The van der Waals surface area contributed by atoms with Crippen LogP contribution >= 0.6 is 0 Å². The van der Waals surface area contributed by atoms with Crippen LogP contribution in [0.25, 0.3) is 0 Å². The monoisotopic (exact) mass is 195 g/mol. The average molecular weight is 195 g/mol. The van der Waals surface area contributed by atoms with E-state index in [9.17, 15) is 4.79 Å². The van der Waals surface area contributed by atoms with Crippen molar-refractivity contribution in [3.63, 3.8) is 0 Å². The van der Waals surface area contributed by atoms with Crippen LogP contribution < -0.4 is 0 Å². The Morgan fingerprint density at radius 1 is 1.43 bits per heavy atom. The van der Waals surface area contributed by atoms with Crippen molar-refractivity contribution in [2.75, 3.05) is 6.54 Å². The molecule has 1 rings (SSSR count). The number of amides is 1. The van der Waals surface area contributed by atoms with Gasteiger partial charge in [0.2, 0.25) is 5.91 Å². The van der Waals surface area contributed by atoms with Crippen LogP contribution in [0, 0.1) is 0 Å². The lowest BCUT2D eigenvalue weighted by Crippen LogP contribution is -2.40. The van der Waals surface area contributed by atoms with E-state index in [-0.39, 0.29) is 11.9 Å². The molecule has 0 aliphatic carbocycles. The van der Waals surface area contributed by atoms with E-state index in [2.05, 4.69) is 6.58 Å². The van der Waals surface area contributed by atoms with Crippen molar-refractivity contribution in [1.82, 2.24) is 4.90 Å². The molecule has 0 aromatic heterocycles. The first-order valence-electron chi connectivity index (χ1n) is 5.71. The first-order chi connectivity index (χ1) is 6.79. The standard InChI is InChI=1S/C12H21NO/c1-3-11-9-7-5-6-8-10-13(11)12(14)4-2/h3,11H,1,4-10H2,2H3. The van der Waals surface area contributed by atoms with Gasteiger partial charge < -0.3 is 4.90 Å². The van der Waals surface area contributed by atoms with E-state index >= 15 is 0 Å². The lowest BCUT2D eigenvalue weighted by molar-refractivity contribution is -0.132. The van der Waals surface area contributed by atoms with Gasteiger partial charge in [0.25, 0.3) is 0 Å². The molecule has 1 amide bonds. The number of nitrogens with zero attached hydrogens (tertiary/aromatic N) is 1. The fraction of sp³-hybridized carbons (Fsp3) is 0.750. The van der Waals surface area contributed by atoms with Crippen LogP contribution in [0.4, 0.5) is 0 Å². The maximum atomic E-state index is 11.7. The average Bonchev–Trinajstić information content (AvgIpc) is 2.17. The Balaban J connectivity index is 2.62. The van der Waals surface area contributed by atoms with Gasteiger partial charge in [-0.05, 0) is 12.8 Å². The third kappa shape index (κ3) is 2.86. The van der Waals surface area contributed by atoms with Crippen molar-refractivity contribution in [2.45, 2.75) is 51.5 Å². The quantitative estimate of drug-likeness (QED) is 0.620. The summed E-state index contributed by atoms with van der Waals surface area (Å²) < 4.78 is 0. The van der Waals surface area contributed by atoms with Gasteiger partial charge in [0, 0.05) is 19.0 Å². The second-order valence-corrected chi connectivity index (χ2v) is 3.95. The van der Waals surface area contributed by atoms with Crippen molar-refractivity contribution in [3.8, 4) is 0 Å². The van der Waals surface area contributed by atoms with E-state index in [1.807, 2.05) is 17.9 Å². The van der Waals surface area contributed by atoms with Crippen LogP contribution in [0.5, 0.6) is 0 Å². The smallest absolute Gasteiger partial charge is 0.222 e. The number of hydrogen-bond donors (Lipinski definition) is 0.